The summed E-state index contributed by atoms with van der Waals surface area (Å²) in [4.78, 5) is 22.6. The Labute approximate surface area is 254 Å². The molecule has 0 aliphatic carbocycles. The van der Waals surface area contributed by atoms with Gasteiger partial charge in [-0.05, 0) is 72.1 Å². The molecule has 0 aliphatic rings. The van der Waals surface area contributed by atoms with Gasteiger partial charge >= 0.3 is 6.18 Å². The van der Waals surface area contributed by atoms with Crippen molar-refractivity contribution in [1.82, 2.24) is 15.3 Å². The minimum absolute atomic E-state index is 0.178. The number of Topliss-reactive ketones (excluding diaryl/α,β-unsaturated/α-hetero) is 1. The highest BCUT2D eigenvalue weighted by atomic mass is 35.5. The molecule has 2 aromatic carbocycles. The van der Waals surface area contributed by atoms with Crippen molar-refractivity contribution in [2.75, 3.05) is 6.54 Å². The SMILES string of the molecule is CCCNCc1ccc(-c2cc3nccc(Oc4ccc(CC(=O)Cc5cc(C(F)(F)F)ccc5F)c(Cl)c4)c3s2)nc1. The molecule has 0 bridgehead atoms. The van der Waals surface area contributed by atoms with E-state index in [0.717, 1.165) is 51.9 Å². The molecule has 222 valence electrons. The van der Waals surface area contributed by atoms with Gasteiger partial charge in [0.25, 0.3) is 0 Å². The lowest BCUT2D eigenvalue weighted by Gasteiger charge is -2.11. The molecule has 1 N–H and O–H groups in total. The number of ether oxygens (including phenoxy) is 1. The minimum atomic E-state index is -4.64. The molecule has 0 spiro atoms. The summed E-state index contributed by atoms with van der Waals surface area (Å²) in [5.41, 5.74) is 1.81. The van der Waals surface area contributed by atoms with E-state index in [0.29, 0.717) is 29.2 Å². The van der Waals surface area contributed by atoms with Crippen LogP contribution in [0.3, 0.4) is 0 Å². The highest BCUT2D eigenvalue weighted by Crippen LogP contribution is 2.39. The molecule has 0 aliphatic heterocycles. The first-order chi connectivity index (χ1) is 20.6. The van der Waals surface area contributed by atoms with E-state index in [9.17, 15) is 22.4 Å². The second kappa shape index (κ2) is 13.2. The van der Waals surface area contributed by atoms with Crippen LogP contribution in [0.2, 0.25) is 5.02 Å². The molecule has 0 saturated heterocycles. The van der Waals surface area contributed by atoms with Crippen molar-refractivity contribution >= 4 is 38.9 Å². The van der Waals surface area contributed by atoms with E-state index in [2.05, 4.69) is 22.2 Å². The molecular weight excluding hydrogens is 602 g/mol. The summed E-state index contributed by atoms with van der Waals surface area (Å²) in [5, 5.41) is 3.60. The smallest absolute Gasteiger partial charge is 0.416 e. The number of nitrogens with zero attached hydrogens (tertiary/aromatic N) is 2. The lowest BCUT2D eigenvalue weighted by Crippen LogP contribution is -2.13. The van der Waals surface area contributed by atoms with Crippen molar-refractivity contribution in [1.29, 1.82) is 0 Å². The van der Waals surface area contributed by atoms with Gasteiger partial charge < -0.3 is 10.1 Å². The van der Waals surface area contributed by atoms with Gasteiger partial charge in [-0.3, -0.25) is 14.8 Å². The molecule has 11 heteroatoms. The third kappa shape index (κ3) is 7.57. The minimum Gasteiger partial charge on any atom is -0.456 e. The van der Waals surface area contributed by atoms with Crippen molar-refractivity contribution in [2.24, 2.45) is 0 Å². The molecule has 0 radical (unpaired) electrons. The predicted molar refractivity (Wildman–Crippen MR) is 160 cm³/mol. The van der Waals surface area contributed by atoms with E-state index < -0.39 is 29.8 Å². The largest absolute Gasteiger partial charge is 0.456 e. The van der Waals surface area contributed by atoms with Gasteiger partial charge in [-0.15, -0.1) is 11.3 Å². The molecule has 5 aromatic rings. The molecule has 3 aromatic heterocycles. The Hall–Kier alpha value is -3.86. The van der Waals surface area contributed by atoms with Gasteiger partial charge in [-0.1, -0.05) is 30.7 Å². The van der Waals surface area contributed by atoms with Crippen molar-refractivity contribution < 1.29 is 27.1 Å². The Kier molecular flexibility index (Phi) is 9.39. The summed E-state index contributed by atoms with van der Waals surface area (Å²) >= 11 is 7.94. The first-order valence-corrected chi connectivity index (χ1v) is 14.7. The molecule has 5 nitrogen and oxygen atoms in total. The van der Waals surface area contributed by atoms with Crippen LogP contribution >= 0.6 is 22.9 Å². The van der Waals surface area contributed by atoms with Crippen LogP contribution in [0.1, 0.15) is 35.6 Å². The molecule has 0 amide bonds. The van der Waals surface area contributed by atoms with Crippen LogP contribution in [0.25, 0.3) is 20.8 Å². The highest BCUT2D eigenvalue weighted by molar-refractivity contribution is 7.22. The fraction of sp³-hybridized carbons (Fsp3) is 0.219. The Morgan fingerprint density at radius 1 is 1.00 bits per heavy atom. The Morgan fingerprint density at radius 3 is 2.53 bits per heavy atom. The van der Waals surface area contributed by atoms with E-state index >= 15 is 0 Å². The lowest BCUT2D eigenvalue weighted by atomic mass is 10.0. The number of hydrogen-bond acceptors (Lipinski definition) is 6. The van der Waals surface area contributed by atoms with Crippen LogP contribution in [-0.2, 0) is 30.4 Å². The van der Waals surface area contributed by atoms with E-state index in [4.69, 9.17) is 16.3 Å². The topological polar surface area (TPSA) is 64.1 Å². The Balaban J connectivity index is 1.28. The molecule has 3 heterocycles. The number of aromatic nitrogens is 2. The number of benzene rings is 2. The van der Waals surface area contributed by atoms with Crippen molar-refractivity contribution in [2.45, 2.75) is 38.9 Å². The predicted octanol–water partition coefficient (Wildman–Crippen LogP) is 8.82. The molecule has 0 unspecified atom stereocenters. The molecule has 0 fully saturated rings. The number of thiophene rings is 1. The number of carbonyl (C=O) groups is 1. The second-order valence-corrected chi connectivity index (χ2v) is 11.4. The van der Waals surface area contributed by atoms with Gasteiger partial charge in [-0.2, -0.15) is 13.2 Å². The third-order valence-corrected chi connectivity index (χ3v) is 8.12. The zero-order valence-corrected chi connectivity index (χ0v) is 24.5. The number of halogens is 5. The highest BCUT2D eigenvalue weighted by Gasteiger charge is 2.31. The molecule has 0 atom stereocenters. The summed E-state index contributed by atoms with van der Waals surface area (Å²) < 4.78 is 60.1. The second-order valence-electron chi connectivity index (χ2n) is 9.91. The van der Waals surface area contributed by atoms with Crippen LogP contribution in [0, 0.1) is 5.82 Å². The average Bonchev–Trinajstić information content (AvgIpc) is 3.41. The van der Waals surface area contributed by atoms with Gasteiger partial charge in [0.2, 0.25) is 0 Å². The van der Waals surface area contributed by atoms with Gasteiger partial charge in [0, 0.05) is 42.9 Å². The Morgan fingerprint density at radius 2 is 1.81 bits per heavy atom. The van der Waals surface area contributed by atoms with Gasteiger partial charge in [0.05, 0.1) is 26.4 Å². The standard InChI is InChI=1S/C32H26ClF4N3O2S/c1-2-10-38-17-19-3-8-27(40-18-19)30-16-28-31(43-30)29(9-11-39-28)42-24-6-4-20(25(33)15-24)13-23(41)14-21-12-22(32(35,36)37)5-7-26(21)34/h3-9,11-12,15-16,18,38H,2,10,13-14,17H2,1H3. The number of ketones is 1. The van der Waals surface area contributed by atoms with E-state index in [-0.39, 0.29) is 17.0 Å². The first-order valence-electron chi connectivity index (χ1n) is 13.5. The average molecular weight is 628 g/mol. The fourth-order valence-electron chi connectivity index (χ4n) is 4.44. The molecule has 5 rings (SSSR count). The number of alkyl halides is 3. The van der Waals surface area contributed by atoms with Crippen LogP contribution in [0.15, 0.2) is 73.1 Å². The summed E-state index contributed by atoms with van der Waals surface area (Å²) in [6.07, 6.45) is -0.737. The van der Waals surface area contributed by atoms with Gasteiger partial charge in [-0.25, -0.2) is 4.39 Å². The zero-order valence-electron chi connectivity index (χ0n) is 23.0. The quantitative estimate of drug-likeness (QED) is 0.117. The lowest BCUT2D eigenvalue weighted by molar-refractivity contribution is -0.137. The maximum absolute atomic E-state index is 14.1. The van der Waals surface area contributed by atoms with Gasteiger partial charge in [0.15, 0.2) is 0 Å². The zero-order chi connectivity index (χ0) is 30.6. The van der Waals surface area contributed by atoms with E-state index in [1.807, 2.05) is 24.4 Å². The van der Waals surface area contributed by atoms with Crippen molar-refractivity contribution in [3.8, 4) is 22.1 Å². The number of hydrogen-bond donors (Lipinski definition) is 1. The maximum Gasteiger partial charge on any atom is 0.416 e. The Bertz CT molecular complexity index is 1760. The van der Waals surface area contributed by atoms with Crippen LogP contribution in [0.5, 0.6) is 11.5 Å². The monoisotopic (exact) mass is 627 g/mol. The first kappa shape index (κ1) is 30.6. The molecule has 43 heavy (non-hydrogen) atoms. The fourth-order valence-corrected chi connectivity index (χ4v) is 5.72. The van der Waals surface area contributed by atoms with Gasteiger partial charge in [0.1, 0.15) is 23.1 Å². The van der Waals surface area contributed by atoms with E-state index in [1.54, 1.807) is 30.5 Å². The summed E-state index contributed by atoms with van der Waals surface area (Å²) in [7, 11) is 0. The third-order valence-electron chi connectivity index (χ3n) is 6.61. The summed E-state index contributed by atoms with van der Waals surface area (Å²) in [5.74, 6) is -0.352. The summed E-state index contributed by atoms with van der Waals surface area (Å²) in [6.45, 7) is 3.83. The van der Waals surface area contributed by atoms with Crippen molar-refractivity contribution in [3.05, 3.63) is 106 Å². The van der Waals surface area contributed by atoms with Crippen LogP contribution in [0.4, 0.5) is 17.6 Å². The molecular formula is C32H26ClF4N3O2S. The number of fused-ring (bicyclic) bond motifs is 1. The number of carbonyl (C=O) groups excluding carboxylic acids is 1. The normalized spacial score (nSPS) is 11.7. The van der Waals surface area contributed by atoms with Crippen LogP contribution in [-0.4, -0.2) is 22.3 Å². The molecule has 0 saturated carbocycles. The summed E-state index contributed by atoms with van der Waals surface area (Å²) in [6, 6.07) is 14.6. The maximum atomic E-state index is 14.1. The van der Waals surface area contributed by atoms with Crippen molar-refractivity contribution in [3.63, 3.8) is 0 Å². The number of rotatable bonds is 11. The number of nitrogens with one attached hydrogen (secondary N) is 1. The van der Waals surface area contributed by atoms with Crippen LogP contribution < -0.4 is 10.1 Å². The number of pyridine rings is 2. The van der Waals surface area contributed by atoms with E-state index in [1.165, 1.54) is 11.3 Å².